The molecule has 0 saturated carbocycles. The maximum absolute atomic E-state index is 6.07. The minimum absolute atomic E-state index is 0.216. The van der Waals surface area contributed by atoms with Crippen molar-refractivity contribution < 1.29 is 9.47 Å². The zero-order valence-electron chi connectivity index (χ0n) is 13.2. The molecule has 0 fully saturated rings. The van der Waals surface area contributed by atoms with Crippen molar-refractivity contribution in [2.24, 2.45) is 0 Å². The fourth-order valence-corrected chi connectivity index (χ4v) is 3.59. The highest BCUT2D eigenvalue weighted by molar-refractivity contribution is 7.18. The summed E-state index contributed by atoms with van der Waals surface area (Å²) in [6.45, 7) is 4.12. The molecule has 2 aromatic heterocycles. The molecule has 23 heavy (non-hydrogen) atoms. The number of aryl methyl sites for hydroxylation is 2. The molecule has 0 amide bonds. The van der Waals surface area contributed by atoms with Gasteiger partial charge in [-0.3, -0.25) is 0 Å². The summed E-state index contributed by atoms with van der Waals surface area (Å²) in [5.41, 5.74) is 1.93. The molecule has 3 aromatic rings. The van der Waals surface area contributed by atoms with Gasteiger partial charge in [0, 0.05) is 10.9 Å². The molecule has 1 N–H and O–H groups in total. The topological polar surface area (TPSA) is 56.3 Å². The van der Waals surface area contributed by atoms with Crippen LogP contribution < -0.4 is 14.8 Å². The van der Waals surface area contributed by atoms with Crippen molar-refractivity contribution in [1.82, 2.24) is 9.97 Å². The van der Waals surface area contributed by atoms with E-state index < -0.39 is 0 Å². The van der Waals surface area contributed by atoms with E-state index in [2.05, 4.69) is 29.1 Å². The number of aromatic nitrogens is 2. The van der Waals surface area contributed by atoms with Gasteiger partial charge in [0.15, 0.2) is 0 Å². The highest BCUT2D eigenvalue weighted by Gasteiger charge is 2.15. The van der Waals surface area contributed by atoms with Crippen LogP contribution in [-0.4, -0.2) is 24.2 Å². The Morgan fingerprint density at radius 1 is 1.13 bits per heavy atom. The molecule has 0 aliphatic rings. The highest BCUT2D eigenvalue weighted by atomic mass is 35.5. The quantitative estimate of drug-likeness (QED) is 0.690. The van der Waals surface area contributed by atoms with Gasteiger partial charge in [0.05, 0.1) is 25.3 Å². The minimum Gasteiger partial charge on any atom is -0.497 e. The van der Waals surface area contributed by atoms with Crippen molar-refractivity contribution in [3.05, 3.63) is 33.9 Å². The van der Waals surface area contributed by atoms with Crippen LogP contribution in [0.2, 0.25) is 5.28 Å². The first kappa shape index (κ1) is 15.8. The Bertz CT molecular complexity index is 879. The third-order valence-electron chi connectivity index (χ3n) is 3.66. The van der Waals surface area contributed by atoms with Gasteiger partial charge in [-0.15, -0.1) is 11.3 Å². The number of hydrogen-bond donors (Lipinski definition) is 1. The molecule has 0 radical (unpaired) electrons. The van der Waals surface area contributed by atoms with Gasteiger partial charge in [0.25, 0.3) is 0 Å². The van der Waals surface area contributed by atoms with Crippen molar-refractivity contribution in [2.75, 3.05) is 19.5 Å². The Hall–Kier alpha value is -2.05. The van der Waals surface area contributed by atoms with Crippen LogP contribution in [-0.2, 0) is 0 Å². The fourth-order valence-electron chi connectivity index (χ4n) is 2.34. The number of thiophene rings is 1. The standard InChI is InChI=1S/C16H16ClN3O2S/c1-8-9(2)23-15-13(8)14(19-16(17)20-15)18-11-6-5-10(21-3)7-12(11)22-4/h5-7H,1-4H3,(H,18,19,20). The van der Waals surface area contributed by atoms with E-state index in [9.17, 15) is 0 Å². The molecule has 3 rings (SSSR count). The second-order valence-corrected chi connectivity index (χ2v) is 6.54. The molecule has 0 aliphatic carbocycles. The Morgan fingerprint density at radius 2 is 1.91 bits per heavy atom. The molecule has 5 nitrogen and oxygen atoms in total. The number of hydrogen-bond acceptors (Lipinski definition) is 6. The summed E-state index contributed by atoms with van der Waals surface area (Å²) < 4.78 is 10.6. The number of rotatable bonds is 4. The van der Waals surface area contributed by atoms with E-state index in [1.54, 1.807) is 25.6 Å². The van der Waals surface area contributed by atoms with Crippen LogP contribution in [0.5, 0.6) is 11.5 Å². The summed E-state index contributed by atoms with van der Waals surface area (Å²) >= 11 is 7.67. The van der Waals surface area contributed by atoms with Crippen LogP contribution in [0.1, 0.15) is 10.4 Å². The summed E-state index contributed by atoms with van der Waals surface area (Å²) in [5, 5.41) is 4.50. The fraction of sp³-hybridized carbons (Fsp3) is 0.250. The van der Waals surface area contributed by atoms with Gasteiger partial charge < -0.3 is 14.8 Å². The first-order chi connectivity index (χ1) is 11.0. The zero-order chi connectivity index (χ0) is 16.6. The highest BCUT2D eigenvalue weighted by Crippen LogP contribution is 2.37. The van der Waals surface area contributed by atoms with Crippen LogP contribution in [0.25, 0.3) is 10.2 Å². The number of nitrogens with one attached hydrogen (secondary N) is 1. The van der Waals surface area contributed by atoms with Gasteiger partial charge in [-0.05, 0) is 43.1 Å². The molecular formula is C16H16ClN3O2S. The second-order valence-electron chi connectivity index (χ2n) is 5.00. The van der Waals surface area contributed by atoms with Crippen molar-refractivity contribution in [3.63, 3.8) is 0 Å². The van der Waals surface area contributed by atoms with E-state index in [0.717, 1.165) is 27.2 Å². The number of ether oxygens (including phenoxy) is 2. The Morgan fingerprint density at radius 3 is 2.61 bits per heavy atom. The largest absolute Gasteiger partial charge is 0.497 e. The third-order valence-corrected chi connectivity index (χ3v) is 4.93. The summed E-state index contributed by atoms with van der Waals surface area (Å²) in [4.78, 5) is 10.7. The number of methoxy groups -OCH3 is 2. The second kappa shape index (κ2) is 6.22. The van der Waals surface area contributed by atoms with E-state index in [4.69, 9.17) is 21.1 Å². The Kier molecular flexibility index (Phi) is 4.28. The lowest BCUT2D eigenvalue weighted by Gasteiger charge is -2.13. The van der Waals surface area contributed by atoms with E-state index in [0.29, 0.717) is 11.6 Å². The van der Waals surface area contributed by atoms with Crippen LogP contribution in [0.3, 0.4) is 0 Å². The zero-order valence-corrected chi connectivity index (χ0v) is 14.8. The van der Waals surface area contributed by atoms with Crippen LogP contribution in [0, 0.1) is 13.8 Å². The summed E-state index contributed by atoms with van der Waals surface area (Å²) in [5.74, 6) is 2.06. The lowest BCUT2D eigenvalue weighted by atomic mass is 10.2. The molecule has 2 heterocycles. The van der Waals surface area contributed by atoms with E-state index >= 15 is 0 Å². The van der Waals surface area contributed by atoms with Crippen LogP contribution in [0.4, 0.5) is 11.5 Å². The van der Waals surface area contributed by atoms with E-state index in [1.165, 1.54) is 4.88 Å². The Balaban J connectivity index is 2.11. The first-order valence-corrected chi connectivity index (χ1v) is 8.15. The lowest BCUT2D eigenvalue weighted by Crippen LogP contribution is -1.99. The van der Waals surface area contributed by atoms with Crippen LogP contribution in [0.15, 0.2) is 18.2 Å². The van der Waals surface area contributed by atoms with E-state index in [-0.39, 0.29) is 5.28 Å². The smallest absolute Gasteiger partial charge is 0.225 e. The molecule has 120 valence electrons. The van der Waals surface area contributed by atoms with E-state index in [1.807, 2.05) is 18.2 Å². The van der Waals surface area contributed by atoms with Gasteiger partial charge in [-0.1, -0.05) is 0 Å². The van der Waals surface area contributed by atoms with Crippen molar-refractivity contribution in [1.29, 1.82) is 0 Å². The number of anilines is 2. The van der Waals surface area contributed by atoms with Gasteiger partial charge >= 0.3 is 0 Å². The lowest BCUT2D eigenvalue weighted by molar-refractivity contribution is 0.395. The number of nitrogens with zero attached hydrogens (tertiary/aromatic N) is 2. The molecule has 0 spiro atoms. The van der Waals surface area contributed by atoms with Crippen molar-refractivity contribution >= 4 is 44.7 Å². The average molecular weight is 350 g/mol. The molecular weight excluding hydrogens is 334 g/mol. The maximum atomic E-state index is 6.07. The van der Waals surface area contributed by atoms with Gasteiger partial charge in [0.2, 0.25) is 5.28 Å². The van der Waals surface area contributed by atoms with Crippen molar-refractivity contribution in [3.8, 4) is 11.5 Å². The normalized spacial score (nSPS) is 10.8. The molecule has 7 heteroatoms. The van der Waals surface area contributed by atoms with Gasteiger partial charge in [-0.2, -0.15) is 4.98 Å². The monoisotopic (exact) mass is 349 g/mol. The average Bonchev–Trinajstić information content (AvgIpc) is 2.82. The van der Waals surface area contributed by atoms with Gasteiger partial charge in [-0.25, -0.2) is 4.98 Å². The van der Waals surface area contributed by atoms with Crippen molar-refractivity contribution in [2.45, 2.75) is 13.8 Å². The maximum Gasteiger partial charge on any atom is 0.225 e. The molecule has 0 unspecified atom stereocenters. The SMILES string of the molecule is COc1ccc(Nc2nc(Cl)nc3sc(C)c(C)c23)c(OC)c1. The predicted molar refractivity (Wildman–Crippen MR) is 94.7 cm³/mol. The molecule has 1 aromatic carbocycles. The molecule has 0 atom stereocenters. The summed E-state index contributed by atoms with van der Waals surface area (Å²) in [6.07, 6.45) is 0. The molecule has 0 bridgehead atoms. The molecule has 0 saturated heterocycles. The molecule has 0 aliphatic heterocycles. The number of benzene rings is 1. The Labute approximate surface area is 143 Å². The predicted octanol–water partition coefficient (Wildman–Crippen LogP) is 4.72. The van der Waals surface area contributed by atoms with Gasteiger partial charge in [0.1, 0.15) is 22.1 Å². The third kappa shape index (κ3) is 2.92. The minimum atomic E-state index is 0.216. The summed E-state index contributed by atoms with van der Waals surface area (Å²) in [7, 11) is 3.23. The summed E-state index contributed by atoms with van der Waals surface area (Å²) in [6, 6.07) is 5.55. The first-order valence-electron chi connectivity index (χ1n) is 6.95. The van der Waals surface area contributed by atoms with Crippen LogP contribution >= 0.6 is 22.9 Å². The number of halogens is 1. The number of fused-ring (bicyclic) bond motifs is 1.